The molecule has 0 radical (unpaired) electrons. The fourth-order valence-corrected chi connectivity index (χ4v) is 5.07. The second-order valence-corrected chi connectivity index (χ2v) is 9.62. The summed E-state index contributed by atoms with van der Waals surface area (Å²) in [5.74, 6) is 0.448. The lowest BCUT2D eigenvalue weighted by Gasteiger charge is -2.13. The second kappa shape index (κ2) is 9.28. The van der Waals surface area contributed by atoms with Crippen molar-refractivity contribution >= 4 is 70.1 Å². The van der Waals surface area contributed by atoms with Crippen molar-refractivity contribution in [3.8, 4) is 11.4 Å². The van der Waals surface area contributed by atoms with Gasteiger partial charge >= 0.3 is 0 Å². The average molecular weight is 472 g/mol. The van der Waals surface area contributed by atoms with Crippen LogP contribution in [0.15, 0.2) is 46.8 Å². The summed E-state index contributed by atoms with van der Waals surface area (Å²) >= 11 is 20.1. The summed E-state index contributed by atoms with van der Waals surface area (Å²) in [7, 11) is 1.56. The maximum absolute atomic E-state index is 12.6. The molecule has 0 fully saturated rings. The normalized spacial score (nSPS) is 11.9. The van der Waals surface area contributed by atoms with Crippen LogP contribution in [0.5, 0.6) is 5.75 Å². The number of para-hydroxylation sites is 2. The van der Waals surface area contributed by atoms with Crippen molar-refractivity contribution in [2.24, 2.45) is 0 Å². The van der Waals surface area contributed by atoms with Gasteiger partial charge in [0.25, 0.3) is 0 Å². The summed E-state index contributed by atoms with van der Waals surface area (Å²) in [6.45, 7) is 1.81. The molecule has 0 saturated heterocycles. The van der Waals surface area contributed by atoms with Crippen LogP contribution in [-0.2, 0) is 4.79 Å². The highest BCUT2D eigenvalue weighted by Crippen LogP contribution is 2.31. The number of anilines is 1. The average Bonchev–Trinajstić information content (AvgIpc) is 3.04. The number of halogens is 2. The molecule has 3 aromatic rings. The van der Waals surface area contributed by atoms with Gasteiger partial charge in [0.2, 0.25) is 5.91 Å². The number of carbonyl (C=O) groups is 1. The van der Waals surface area contributed by atoms with E-state index in [0.717, 1.165) is 0 Å². The molecular weight excluding hydrogens is 457 g/mol. The lowest BCUT2D eigenvalue weighted by molar-refractivity contribution is -0.115. The Bertz CT molecular complexity index is 1070. The third-order valence-electron chi connectivity index (χ3n) is 3.69. The molecule has 3 rings (SSSR count). The molecule has 5 nitrogen and oxygen atoms in total. The third kappa shape index (κ3) is 4.87. The van der Waals surface area contributed by atoms with Gasteiger partial charge in [-0.05, 0) is 49.5 Å². The van der Waals surface area contributed by atoms with E-state index in [1.165, 1.54) is 23.1 Å². The molecule has 146 valence electrons. The predicted octanol–water partition coefficient (Wildman–Crippen LogP) is 6.10. The molecule has 0 unspecified atom stereocenters. The molecule has 1 atom stereocenters. The van der Waals surface area contributed by atoms with Gasteiger partial charge in [-0.2, -0.15) is 0 Å². The van der Waals surface area contributed by atoms with Crippen molar-refractivity contribution in [3.05, 3.63) is 56.5 Å². The number of methoxy groups -OCH3 is 1. The van der Waals surface area contributed by atoms with Gasteiger partial charge < -0.3 is 10.1 Å². The molecule has 0 aliphatic heterocycles. The monoisotopic (exact) mass is 471 g/mol. The molecule has 1 heterocycles. The number of nitrogens with zero attached hydrogens (tertiary/aromatic N) is 2. The van der Waals surface area contributed by atoms with Crippen molar-refractivity contribution in [2.75, 3.05) is 12.4 Å². The van der Waals surface area contributed by atoms with Gasteiger partial charge in [-0.3, -0.25) is 4.79 Å². The molecule has 1 N–H and O–H groups in total. The van der Waals surface area contributed by atoms with Crippen LogP contribution >= 0.6 is 58.5 Å². The number of benzene rings is 2. The van der Waals surface area contributed by atoms with E-state index in [0.29, 0.717) is 35.5 Å². The van der Waals surface area contributed by atoms with Crippen LogP contribution < -0.4 is 10.1 Å². The highest BCUT2D eigenvalue weighted by Gasteiger charge is 2.19. The van der Waals surface area contributed by atoms with Crippen LogP contribution in [0.3, 0.4) is 0 Å². The largest absolute Gasteiger partial charge is 0.495 e. The van der Waals surface area contributed by atoms with Gasteiger partial charge in [-0.1, -0.05) is 58.4 Å². The highest BCUT2D eigenvalue weighted by atomic mass is 35.5. The summed E-state index contributed by atoms with van der Waals surface area (Å²) in [4.78, 5) is 12.6. The van der Waals surface area contributed by atoms with Gasteiger partial charge in [-0.15, -0.1) is 5.10 Å². The number of rotatable bonds is 6. The van der Waals surface area contributed by atoms with E-state index >= 15 is 0 Å². The van der Waals surface area contributed by atoms with Crippen LogP contribution in [0.25, 0.3) is 5.69 Å². The molecule has 0 aliphatic carbocycles. The summed E-state index contributed by atoms with van der Waals surface area (Å²) in [6.07, 6.45) is 0. The Morgan fingerprint density at radius 3 is 2.75 bits per heavy atom. The number of nitrogens with one attached hydrogen (secondary N) is 1. The smallest absolute Gasteiger partial charge is 0.237 e. The van der Waals surface area contributed by atoms with E-state index in [4.69, 9.17) is 40.2 Å². The Morgan fingerprint density at radius 2 is 2.04 bits per heavy atom. The Balaban J connectivity index is 1.74. The van der Waals surface area contributed by atoms with Gasteiger partial charge in [-0.25, -0.2) is 4.68 Å². The first-order valence-corrected chi connectivity index (χ1v) is 10.9. The fourth-order valence-electron chi connectivity index (χ4n) is 2.28. The number of aromatic nitrogens is 2. The summed E-state index contributed by atoms with van der Waals surface area (Å²) < 4.78 is 8.10. The first-order valence-electron chi connectivity index (χ1n) is 8.05. The topological polar surface area (TPSA) is 56.1 Å². The number of hydrogen-bond donors (Lipinski definition) is 1. The first kappa shape index (κ1) is 21.1. The fraction of sp³-hybridized carbons (Fsp3) is 0.167. The van der Waals surface area contributed by atoms with Crippen molar-refractivity contribution in [1.82, 2.24) is 9.78 Å². The molecule has 2 aromatic carbocycles. The zero-order valence-corrected chi connectivity index (χ0v) is 18.8. The SMILES string of the molecule is COc1ccccc1NC(=O)[C@@H](C)Sc1nn(-c2ccc(Cl)c(Cl)c2)c(=S)s1. The minimum Gasteiger partial charge on any atom is -0.495 e. The molecule has 1 amide bonds. The van der Waals surface area contributed by atoms with Gasteiger partial charge in [0.1, 0.15) is 5.75 Å². The molecule has 0 aliphatic rings. The van der Waals surface area contributed by atoms with Gasteiger partial charge in [0, 0.05) is 0 Å². The van der Waals surface area contributed by atoms with E-state index in [1.807, 2.05) is 19.1 Å². The molecule has 0 saturated carbocycles. The van der Waals surface area contributed by atoms with Gasteiger partial charge in [0.15, 0.2) is 8.29 Å². The molecule has 10 heteroatoms. The van der Waals surface area contributed by atoms with E-state index in [1.54, 1.807) is 42.1 Å². The molecule has 0 spiro atoms. The Kier molecular flexibility index (Phi) is 7.00. The van der Waals surface area contributed by atoms with Crippen LogP contribution in [0.1, 0.15) is 6.92 Å². The number of carbonyl (C=O) groups excluding carboxylic acids is 1. The second-order valence-electron chi connectivity index (χ2n) is 5.59. The maximum atomic E-state index is 12.6. The zero-order chi connectivity index (χ0) is 20.3. The Morgan fingerprint density at radius 1 is 1.29 bits per heavy atom. The summed E-state index contributed by atoms with van der Waals surface area (Å²) in [5, 5.41) is 7.88. The van der Waals surface area contributed by atoms with Crippen LogP contribution in [-0.4, -0.2) is 28.0 Å². The zero-order valence-electron chi connectivity index (χ0n) is 14.8. The van der Waals surface area contributed by atoms with Crippen LogP contribution in [0, 0.1) is 3.95 Å². The lowest BCUT2D eigenvalue weighted by atomic mass is 10.3. The van der Waals surface area contributed by atoms with Crippen molar-refractivity contribution in [3.63, 3.8) is 0 Å². The lowest BCUT2D eigenvalue weighted by Crippen LogP contribution is -2.22. The van der Waals surface area contributed by atoms with Gasteiger partial charge in [0.05, 0.1) is 33.8 Å². The number of hydrogen-bond acceptors (Lipinski definition) is 6. The summed E-state index contributed by atoms with van der Waals surface area (Å²) in [6, 6.07) is 12.4. The molecule has 28 heavy (non-hydrogen) atoms. The first-order chi connectivity index (χ1) is 13.4. The van der Waals surface area contributed by atoms with Crippen LogP contribution in [0.4, 0.5) is 5.69 Å². The van der Waals surface area contributed by atoms with E-state index in [2.05, 4.69) is 10.4 Å². The van der Waals surface area contributed by atoms with E-state index < -0.39 is 0 Å². The van der Waals surface area contributed by atoms with E-state index in [9.17, 15) is 4.79 Å². The maximum Gasteiger partial charge on any atom is 0.237 e. The Labute approximate surface area is 185 Å². The third-order valence-corrected chi connectivity index (χ3v) is 6.84. The van der Waals surface area contributed by atoms with Crippen LogP contribution in [0.2, 0.25) is 10.0 Å². The van der Waals surface area contributed by atoms with Crippen molar-refractivity contribution in [2.45, 2.75) is 16.5 Å². The number of amides is 1. The minimum absolute atomic E-state index is 0.156. The number of ether oxygens (including phenoxy) is 1. The predicted molar refractivity (Wildman–Crippen MR) is 119 cm³/mol. The minimum atomic E-state index is -0.382. The molecule has 0 bridgehead atoms. The quantitative estimate of drug-likeness (QED) is 0.347. The van der Waals surface area contributed by atoms with E-state index in [-0.39, 0.29) is 11.2 Å². The number of thioether (sulfide) groups is 1. The standard InChI is InChI=1S/C18H15Cl2N3O2S3/c1-10(16(24)21-14-5-3-4-6-15(14)25-2)27-17-22-23(18(26)28-17)11-7-8-12(19)13(20)9-11/h3-10H,1-2H3,(H,21,24)/t10-/m1/s1. The van der Waals surface area contributed by atoms with Crippen molar-refractivity contribution < 1.29 is 9.53 Å². The Hall–Kier alpha value is -1.58. The van der Waals surface area contributed by atoms with Crippen molar-refractivity contribution in [1.29, 1.82) is 0 Å². The molecule has 1 aromatic heterocycles. The molecular formula is C18H15Cl2N3O2S3. The summed E-state index contributed by atoms with van der Waals surface area (Å²) in [5.41, 5.74) is 1.34. The highest BCUT2D eigenvalue weighted by molar-refractivity contribution is 8.02.